The topological polar surface area (TPSA) is 16.4 Å². The third-order valence-electron chi connectivity index (χ3n) is 10.2. The Hall–Kier alpha value is -6.90. The van der Waals surface area contributed by atoms with Gasteiger partial charge in [-0.05, 0) is 97.9 Å². The van der Waals surface area contributed by atoms with E-state index in [1.165, 1.54) is 38.2 Å². The Morgan fingerprint density at radius 2 is 0.962 bits per heavy atom. The van der Waals surface area contributed by atoms with Gasteiger partial charge in [-0.25, -0.2) is 0 Å². The summed E-state index contributed by atoms with van der Waals surface area (Å²) in [5.74, 6) is 0. The van der Waals surface area contributed by atoms with Gasteiger partial charge in [-0.3, -0.25) is 0 Å². The first-order chi connectivity index (χ1) is 25.8. The molecule has 0 fully saturated rings. The van der Waals surface area contributed by atoms with Gasteiger partial charge in [0, 0.05) is 22.3 Å². The van der Waals surface area contributed by atoms with E-state index in [9.17, 15) is 0 Å². The molecular weight excluding hydrogens is 631 g/mol. The zero-order valence-corrected chi connectivity index (χ0v) is 28.4. The van der Waals surface area contributed by atoms with Crippen molar-refractivity contribution in [2.45, 2.75) is 0 Å². The Labute approximate surface area is 302 Å². The van der Waals surface area contributed by atoms with Gasteiger partial charge in [0.05, 0.1) is 11.1 Å². The molecule has 52 heavy (non-hydrogen) atoms. The maximum Gasteiger partial charge on any atom is 0.145 e. The summed E-state index contributed by atoms with van der Waals surface area (Å²) in [6, 6.07) is 71.7. The van der Waals surface area contributed by atoms with Crippen molar-refractivity contribution in [2.75, 3.05) is 4.90 Å². The largest absolute Gasteiger partial charge is 0.455 e. The van der Waals surface area contributed by atoms with Crippen LogP contribution in [0, 0.1) is 0 Å². The number of rotatable bonds is 6. The molecule has 0 saturated carbocycles. The Balaban J connectivity index is 1.22. The number of nitrogens with zero attached hydrogens (tertiary/aromatic N) is 1. The van der Waals surface area contributed by atoms with Crippen LogP contribution in [0.3, 0.4) is 0 Å². The third kappa shape index (κ3) is 5.12. The van der Waals surface area contributed by atoms with Crippen molar-refractivity contribution in [3.05, 3.63) is 200 Å². The molecule has 9 aromatic carbocycles. The molecule has 2 heteroatoms. The highest BCUT2D eigenvalue weighted by Crippen LogP contribution is 2.47. The van der Waals surface area contributed by atoms with Crippen LogP contribution in [-0.4, -0.2) is 0 Å². The summed E-state index contributed by atoms with van der Waals surface area (Å²) < 4.78 is 6.84. The zero-order chi connectivity index (χ0) is 34.4. The standard InChI is InChI=1S/C50H33NO/c1-2-13-34(14-3-1)37-19-10-20-38(31-37)40-21-11-22-41(33-40)51(42-28-27-35-15-4-5-17-39(35)32-42)47-30-29-45(44-25-12-18-36-16-6-7-23-43(36)44)50-49(47)46-24-8-9-26-48(46)52-50/h1-33H. The van der Waals surface area contributed by atoms with Gasteiger partial charge < -0.3 is 9.32 Å². The molecule has 1 heterocycles. The summed E-state index contributed by atoms with van der Waals surface area (Å²) >= 11 is 0. The Kier molecular flexibility index (Phi) is 7.18. The Bertz CT molecular complexity index is 2910. The first-order valence-corrected chi connectivity index (χ1v) is 17.8. The second-order valence-electron chi connectivity index (χ2n) is 13.3. The molecule has 0 N–H and O–H groups in total. The molecule has 0 aliphatic carbocycles. The lowest BCUT2D eigenvalue weighted by molar-refractivity contribution is 0.670. The Morgan fingerprint density at radius 1 is 0.346 bits per heavy atom. The van der Waals surface area contributed by atoms with E-state index in [2.05, 4.69) is 205 Å². The van der Waals surface area contributed by atoms with E-state index in [4.69, 9.17) is 4.42 Å². The SMILES string of the molecule is c1ccc(-c2cccc(-c3cccc(N(c4ccc5ccccc5c4)c4ccc(-c5cccc6ccccc56)c5oc6ccccc6c45)c3)c2)cc1. The highest BCUT2D eigenvalue weighted by atomic mass is 16.3. The third-order valence-corrected chi connectivity index (χ3v) is 10.2. The number of furan rings is 1. The lowest BCUT2D eigenvalue weighted by Gasteiger charge is -2.27. The summed E-state index contributed by atoms with van der Waals surface area (Å²) in [6.07, 6.45) is 0. The molecule has 10 aromatic rings. The fourth-order valence-corrected chi connectivity index (χ4v) is 7.75. The van der Waals surface area contributed by atoms with Crippen molar-refractivity contribution in [1.29, 1.82) is 0 Å². The van der Waals surface area contributed by atoms with E-state index in [-0.39, 0.29) is 0 Å². The van der Waals surface area contributed by atoms with Gasteiger partial charge in [0.1, 0.15) is 11.2 Å². The molecule has 244 valence electrons. The van der Waals surface area contributed by atoms with E-state index in [0.717, 1.165) is 55.7 Å². The molecule has 0 spiro atoms. The van der Waals surface area contributed by atoms with Gasteiger partial charge in [0.25, 0.3) is 0 Å². The molecule has 0 bridgehead atoms. The molecule has 10 rings (SSSR count). The molecule has 1 aromatic heterocycles. The highest BCUT2D eigenvalue weighted by Gasteiger charge is 2.23. The molecule has 0 aliphatic rings. The van der Waals surface area contributed by atoms with Crippen LogP contribution in [-0.2, 0) is 0 Å². The fourth-order valence-electron chi connectivity index (χ4n) is 7.75. The van der Waals surface area contributed by atoms with Crippen LogP contribution in [0.25, 0.3) is 76.9 Å². The van der Waals surface area contributed by atoms with Crippen molar-refractivity contribution < 1.29 is 4.42 Å². The molecule has 0 aliphatic heterocycles. The predicted octanol–water partition coefficient (Wildman–Crippen LogP) is 14.4. The molecule has 0 unspecified atom stereocenters. The van der Waals surface area contributed by atoms with Gasteiger partial charge in [-0.1, -0.05) is 152 Å². The molecule has 0 radical (unpaired) electrons. The van der Waals surface area contributed by atoms with E-state index >= 15 is 0 Å². The van der Waals surface area contributed by atoms with Crippen LogP contribution >= 0.6 is 0 Å². The second kappa shape index (κ2) is 12.5. The minimum Gasteiger partial charge on any atom is -0.455 e. The van der Waals surface area contributed by atoms with Crippen molar-refractivity contribution in [2.24, 2.45) is 0 Å². The smallest absolute Gasteiger partial charge is 0.145 e. The number of hydrogen-bond donors (Lipinski definition) is 0. The van der Waals surface area contributed by atoms with Gasteiger partial charge in [-0.2, -0.15) is 0 Å². The summed E-state index contributed by atoms with van der Waals surface area (Å²) in [6.45, 7) is 0. The van der Waals surface area contributed by atoms with E-state index in [1.807, 2.05) is 0 Å². The average molecular weight is 664 g/mol. The van der Waals surface area contributed by atoms with E-state index < -0.39 is 0 Å². The van der Waals surface area contributed by atoms with Crippen molar-refractivity contribution in [1.82, 2.24) is 0 Å². The number of benzene rings is 9. The van der Waals surface area contributed by atoms with Gasteiger partial charge in [-0.15, -0.1) is 0 Å². The molecule has 0 atom stereocenters. The van der Waals surface area contributed by atoms with Gasteiger partial charge >= 0.3 is 0 Å². The first kappa shape index (κ1) is 30.0. The lowest BCUT2D eigenvalue weighted by atomic mass is 9.95. The maximum absolute atomic E-state index is 6.84. The number of anilines is 3. The van der Waals surface area contributed by atoms with Gasteiger partial charge in [0.15, 0.2) is 0 Å². The first-order valence-electron chi connectivity index (χ1n) is 17.8. The predicted molar refractivity (Wildman–Crippen MR) is 220 cm³/mol. The minimum absolute atomic E-state index is 0.872. The number of para-hydroxylation sites is 1. The van der Waals surface area contributed by atoms with Crippen molar-refractivity contribution in [3.63, 3.8) is 0 Å². The van der Waals surface area contributed by atoms with Gasteiger partial charge in [0.2, 0.25) is 0 Å². The fraction of sp³-hybridized carbons (Fsp3) is 0. The van der Waals surface area contributed by atoms with E-state index in [1.54, 1.807) is 0 Å². The molecular formula is C50H33NO. The average Bonchev–Trinajstić information content (AvgIpc) is 3.61. The van der Waals surface area contributed by atoms with Crippen LogP contribution in [0.2, 0.25) is 0 Å². The van der Waals surface area contributed by atoms with E-state index in [0.29, 0.717) is 0 Å². The second-order valence-corrected chi connectivity index (χ2v) is 13.3. The van der Waals surface area contributed by atoms with Crippen LogP contribution in [0.15, 0.2) is 205 Å². The maximum atomic E-state index is 6.84. The zero-order valence-electron chi connectivity index (χ0n) is 28.4. The van der Waals surface area contributed by atoms with Crippen LogP contribution < -0.4 is 4.90 Å². The van der Waals surface area contributed by atoms with Crippen LogP contribution in [0.4, 0.5) is 17.1 Å². The molecule has 2 nitrogen and oxygen atoms in total. The molecule has 0 amide bonds. The Morgan fingerprint density at radius 3 is 1.83 bits per heavy atom. The molecule has 0 saturated heterocycles. The monoisotopic (exact) mass is 663 g/mol. The summed E-state index contributed by atoms with van der Waals surface area (Å²) in [5.41, 5.74) is 11.9. The minimum atomic E-state index is 0.872. The van der Waals surface area contributed by atoms with Crippen molar-refractivity contribution in [3.8, 4) is 33.4 Å². The summed E-state index contributed by atoms with van der Waals surface area (Å²) in [5, 5.41) is 6.99. The van der Waals surface area contributed by atoms with Crippen molar-refractivity contribution >= 4 is 60.5 Å². The van der Waals surface area contributed by atoms with Crippen LogP contribution in [0.5, 0.6) is 0 Å². The summed E-state index contributed by atoms with van der Waals surface area (Å²) in [7, 11) is 0. The number of hydrogen-bond acceptors (Lipinski definition) is 2. The highest BCUT2D eigenvalue weighted by molar-refractivity contribution is 6.18. The normalized spacial score (nSPS) is 11.5. The number of fused-ring (bicyclic) bond motifs is 5. The quantitative estimate of drug-likeness (QED) is 0.176. The van der Waals surface area contributed by atoms with Crippen LogP contribution in [0.1, 0.15) is 0 Å². The lowest BCUT2D eigenvalue weighted by Crippen LogP contribution is -2.10. The summed E-state index contributed by atoms with van der Waals surface area (Å²) in [4.78, 5) is 2.40.